The van der Waals surface area contributed by atoms with Crippen molar-refractivity contribution in [2.45, 2.75) is 51.0 Å². The molecule has 0 saturated heterocycles. The van der Waals surface area contributed by atoms with E-state index in [4.69, 9.17) is 9.98 Å². The highest BCUT2D eigenvalue weighted by Crippen LogP contribution is 2.38. The summed E-state index contributed by atoms with van der Waals surface area (Å²) in [4.78, 5) is 30.2. The minimum Gasteiger partial charge on any atom is -0.337 e. The normalized spacial score (nSPS) is 22.2. The lowest BCUT2D eigenvalue weighted by molar-refractivity contribution is 0.227. The Morgan fingerprint density at radius 1 is 1.19 bits per heavy atom. The number of H-pyrrole nitrogens is 1. The second-order valence-corrected chi connectivity index (χ2v) is 7.73. The van der Waals surface area contributed by atoms with Crippen LogP contribution < -0.4 is 4.90 Å². The maximum atomic E-state index is 13.2. The number of rotatable bonds is 4. The van der Waals surface area contributed by atoms with Gasteiger partial charge < -0.3 is 4.98 Å². The van der Waals surface area contributed by atoms with E-state index in [0.717, 1.165) is 35.2 Å². The molecule has 0 radical (unpaired) electrons. The van der Waals surface area contributed by atoms with E-state index >= 15 is 0 Å². The number of amides is 2. The van der Waals surface area contributed by atoms with Crippen molar-refractivity contribution in [1.29, 1.82) is 0 Å². The van der Waals surface area contributed by atoms with Crippen molar-refractivity contribution in [2.75, 3.05) is 18.0 Å². The van der Waals surface area contributed by atoms with E-state index < -0.39 is 0 Å². The van der Waals surface area contributed by atoms with Gasteiger partial charge in [-0.05, 0) is 24.8 Å². The number of nitrogens with zero attached hydrogens (tertiary/aromatic N) is 4. The number of urea groups is 1. The standard InChI is InChI=1S/C21H25N5O/c1-2-12-25-20-17(23-18(24-20)15-10-6-7-11-15)19-22-16(13-26(19)21(25)27)14-8-4-3-5-9-14/h3-5,8-9,15-16H,2,6-7,10-13H2,1H3,(H,23,24). The van der Waals surface area contributed by atoms with Crippen LogP contribution in [0.1, 0.15) is 68.1 Å². The molecule has 2 aliphatic heterocycles. The van der Waals surface area contributed by atoms with E-state index in [1.807, 2.05) is 28.0 Å². The second kappa shape index (κ2) is 6.51. The van der Waals surface area contributed by atoms with E-state index in [2.05, 4.69) is 24.0 Å². The number of aromatic amines is 1. The first kappa shape index (κ1) is 16.5. The average Bonchev–Trinajstić information content (AvgIpc) is 3.44. The van der Waals surface area contributed by atoms with E-state index in [1.165, 1.54) is 25.7 Å². The van der Waals surface area contributed by atoms with Gasteiger partial charge in [-0.2, -0.15) is 0 Å². The van der Waals surface area contributed by atoms with Crippen molar-refractivity contribution >= 4 is 17.7 Å². The molecule has 3 heterocycles. The number of hydrogen-bond donors (Lipinski definition) is 1. The van der Waals surface area contributed by atoms with Gasteiger partial charge in [0.25, 0.3) is 0 Å². The third-order valence-electron chi connectivity index (χ3n) is 5.91. The zero-order chi connectivity index (χ0) is 18.4. The highest BCUT2D eigenvalue weighted by atomic mass is 16.2. The minimum atomic E-state index is -0.0159. The van der Waals surface area contributed by atoms with E-state index in [-0.39, 0.29) is 12.1 Å². The number of carbonyl (C=O) groups excluding carboxylic acids is 1. The van der Waals surface area contributed by atoms with Crippen LogP contribution in [0.5, 0.6) is 0 Å². The Morgan fingerprint density at radius 2 is 1.96 bits per heavy atom. The second-order valence-electron chi connectivity index (χ2n) is 7.73. The molecule has 6 nitrogen and oxygen atoms in total. The van der Waals surface area contributed by atoms with E-state index in [9.17, 15) is 4.79 Å². The molecule has 1 aliphatic carbocycles. The zero-order valence-electron chi connectivity index (χ0n) is 15.7. The first-order chi connectivity index (χ1) is 13.3. The zero-order valence-corrected chi connectivity index (χ0v) is 15.7. The van der Waals surface area contributed by atoms with Crippen LogP contribution in [0.15, 0.2) is 35.3 Å². The van der Waals surface area contributed by atoms with Gasteiger partial charge in [0.1, 0.15) is 11.5 Å². The van der Waals surface area contributed by atoms with Crippen molar-refractivity contribution in [3.8, 4) is 0 Å². The molecule has 27 heavy (non-hydrogen) atoms. The Morgan fingerprint density at radius 3 is 2.70 bits per heavy atom. The molecule has 1 fully saturated rings. The van der Waals surface area contributed by atoms with Crippen LogP contribution in [0.2, 0.25) is 0 Å². The summed E-state index contributed by atoms with van der Waals surface area (Å²) in [5.41, 5.74) is 2.06. The molecule has 1 N–H and O–H groups in total. The highest BCUT2D eigenvalue weighted by Gasteiger charge is 2.43. The molecule has 1 aromatic carbocycles. The summed E-state index contributed by atoms with van der Waals surface area (Å²) in [6, 6.07) is 10.2. The maximum absolute atomic E-state index is 13.2. The first-order valence-corrected chi connectivity index (χ1v) is 10.1. The Labute approximate surface area is 159 Å². The molecular formula is C21H25N5O. The van der Waals surface area contributed by atoms with Gasteiger partial charge in [0, 0.05) is 12.5 Å². The van der Waals surface area contributed by atoms with Gasteiger partial charge in [-0.1, -0.05) is 50.1 Å². The van der Waals surface area contributed by atoms with Crippen LogP contribution in [0.4, 0.5) is 10.6 Å². The van der Waals surface area contributed by atoms with E-state index in [1.54, 1.807) is 0 Å². The summed E-state index contributed by atoms with van der Waals surface area (Å²) in [7, 11) is 0. The largest absolute Gasteiger partial charge is 0.337 e. The number of carbonyl (C=O) groups is 1. The number of nitrogens with one attached hydrogen (secondary N) is 1. The lowest BCUT2D eigenvalue weighted by atomic mass is 10.1. The highest BCUT2D eigenvalue weighted by molar-refractivity contribution is 6.18. The van der Waals surface area contributed by atoms with Crippen molar-refractivity contribution in [2.24, 2.45) is 4.99 Å². The van der Waals surface area contributed by atoms with Gasteiger partial charge in [-0.25, -0.2) is 9.78 Å². The molecule has 1 unspecified atom stereocenters. The number of hydrogen-bond acceptors (Lipinski definition) is 3. The first-order valence-electron chi connectivity index (χ1n) is 10.1. The fourth-order valence-electron chi connectivity index (χ4n) is 4.53. The van der Waals surface area contributed by atoms with Gasteiger partial charge in [0.2, 0.25) is 0 Å². The molecule has 0 bridgehead atoms. The summed E-state index contributed by atoms with van der Waals surface area (Å²) in [5.74, 6) is 3.04. The number of aromatic nitrogens is 2. The molecule has 1 atom stereocenters. The third-order valence-corrected chi connectivity index (χ3v) is 5.91. The number of aliphatic imine (C=N–C) groups is 1. The lowest BCUT2D eigenvalue weighted by Gasteiger charge is -2.32. The van der Waals surface area contributed by atoms with Gasteiger partial charge in [-0.15, -0.1) is 0 Å². The van der Waals surface area contributed by atoms with Gasteiger partial charge in [-0.3, -0.25) is 14.8 Å². The molecular weight excluding hydrogens is 338 g/mol. The molecule has 2 aromatic rings. The van der Waals surface area contributed by atoms with Crippen LogP contribution in [0.3, 0.4) is 0 Å². The van der Waals surface area contributed by atoms with Crippen molar-refractivity contribution in [3.63, 3.8) is 0 Å². The molecule has 0 spiro atoms. The number of amidine groups is 1. The Hall–Kier alpha value is -2.63. The van der Waals surface area contributed by atoms with Gasteiger partial charge in [0.05, 0.1) is 12.6 Å². The van der Waals surface area contributed by atoms with Crippen LogP contribution in [-0.2, 0) is 0 Å². The Bertz CT molecular complexity index is 881. The average molecular weight is 363 g/mol. The van der Waals surface area contributed by atoms with Crippen LogP contribution in [-0.4, -0.2) is 39.8 Å². The summed E-state index contributed by atoms with van der Waals surface area (Å²) < 4.78 is 0. The van der Waals surface area contributed by atoms with Gasteiger partial charge >= 0.3 is 6.03 Å². The summed E-state index contributed by atoms with van der Waals surface area (Å²) >= 11 is 0. The number of fused-ring (bicyclic) bond motifs is 3. The van der Waals surface area contributed by atoms with Crippen LogP contribution in [0.25, 0.3) is 0 Å². The molecule has 3 aliphatic rings. The Balaban J connectivity index is 1.57. The molecule has 1 saturated carbocycles. The summed E-state index contributed by atoms with van der Waals surface area (Å²) in [5, 5.41) is 0. The number of imidazole rings is 1. The van der Waals surface area contributed by atoms with Crippen molar-refractivity contribution in [1.82, 2.24) is 14.9 Å². The molecule has 140 valence electrons. The molecule has 2 amide bonds. The SMILES string of the molecule is CCCN1C(=O)N2CC(c3ccccc3)N=C2c2[nH]c(C3CCCC3)nc21. The van der Waals surface area contributed by atoms with E-state index in [0.29, 0.717) is 19.0 Å². The minimum absolute atomic E-state index is 0.00556. The monoisotopic (exact) mass is 363 g/mol. The van der Waals surface area contributed by atoms with Gasteiger partial charge in [0.15, 0.2) is 11.7 Å². The van der Waals surface area contributed by atoms with Crippen LogP contribution in [0, 0.1) is 0 Å². The third kappa shape index (κ3) is 2.66. The predicted molar refractivity (Wildman–Crippen MR) is 105 cm³/mol. The van der Waals surface area contributed by atoms with Crippen LogP contribution >= 0.6 is 0 Å². The quantitative estimate of drug-likeness (QED) is 0.884. The summed E-state index contributed by atoms with van der Waals surface area (Å²) in [6.07, 6.45) is 5.78. The number of benzene rings is 1. The molecule has 6 heteroatoms. The fraction of sp³-hybridized carbons (Fsp3) is 0.476. The molecule has 1 aromatic heterocycles. The number of anilines is 1. The topological polar surface area (TPSA) is 64.6 Å². The lowest BCUT2D eigenvalue weighted by Crippen LogP contribution is -2.50. The van der Waals surface area contributed by atoms with Crippen molar-refractivity contribution in [3.05, 3.63) is 47.4 Å². The summed E-state index contributed by atoms with van der Waals surface area (Å²) in [6.45, 7) is 3.37. The fourth-order valence-corrected chi connectivity index (χ4v) is 4.53. The Kier molecular flexibility index (Phi) is 3.99. The molecule has 5 rings (SSSR count). The smallest absolute Gasteiger partial charge is 0.331 e. The predicted octanol–water partition coefficient (Wildman–Crippen LogP) is 4.22. The maximum Gasteiger partial charge on any atom is 0.331 e. The van der Waals surface area contributed by atoms with Crippen molar-refractivity contribution < 1.29 is 4.79 Å².